The van der Waals surface area contributed by atoms with E-state index >= 15 is 0 Å². The number of nitrogens with zero attached hydrogens (tertiary/aromatic N) is 1. The van der Waals surface area contributed by atoms with Crippen molar-refractivity contribution in [2.45, 2.75) is 45.8 Å². The van der Waals surface area contributed by atoms with Crippen molar-refractivity contribution in [2.75, 3.05) is 6.61 Å². The number of amides is 2. The molecule has 0 radical (unpaired) electrons. The molecule has 0 bridgehead atoms. The fourth-order valence-electron chi connectivity index (χ4n) is 3.61. The molecule has 3 aromatic rings. The van der Waals surface area contributed by atoms with Gasteiger partial charge in [-0.15, -0.1) is 0 Å². The Labute approximate surface area is 200 Å². The Bertz CT molecular complexity index is 1080. The maximum absolute atomic E-state index is 14.5. The second-order valence-electron chi connectivity index (χ2n) is 8.58. The zero-order valence-electron chi connectivity index (χ0n) is 19.8. The summed E-state index contributed by atoms with van der Waals surface area (Å²) < 4.78 is 20.3. The van der Waals surface area contributed by atoms with Gasteiger partial charge in [0, 0.05) is 24.6 Å². The van der Waals surface area contributed by atoms with Crippen molar-refractivity contribution >= 4 is 11.8 Å². The summed E-state index contributed by atoms with van der Waals surface area (Å²) in [6, 6.07) is 22.2. The van der Waals surface area contributed by atoms with E-state index in [0.29, 0.717) is 17.7 Å². The van der Waals surface area contributed by atoms with Crippen LogP contribution >= 0.6 is 0 Å². The van der Waals surface area contributed by atoms with Crippen molar-refractivity contribution in [3.05, 3.63) is 101 Å². The Morgan fingerprint density at radius 2 is 1.59 bits per heavy atom. The zero-order valence-corrected chi connectivity index (χ0v) is 19.8. The first-order valence-corrected chi connectivity index (χ1v) is 11.4. The molecule has 5 nitrogen and oxygen atoms in total. The van der Waals surface area contributed by atoms with Gasteiger partial charge in [-0.1, -0.05) is 66.2 Å². The zero-order chi connectivity index (χ0) is 24.5. The molecule has 178 valence electrons. The first-order valence-electron chi connectivity index (χ1n) is 11.4. The number of hydrogen-bond acceptors (Lipinski definition) is 3. The number of nitrogens with one attached hydrogen (secondary N) is 1. The molecule has 0 heterocycles. The maximum Gasteiger partial charge on any atom is 0.261 e. The standard InChI is InChI=1S/C28H31FN2O3/c1-20(2)30-28(33)26(17-22-9-5-4-6-10-22)31(18-23-11-7-8-12-25(23)29)27(32)19-34-24-15-13-21(3)14-16-24/h4-16,20,26H,17-19H2,1-3H3,(H,30,33)/t26-/m1/s1. The number of hydrogen-bond donors (Lipinski definition) is 1. The average Bonchev–Trinajstić information content (AvgIpc) is 2.82. The number of aryl methyl sites for hydroxylation is 1. The summed E-state index contributed by atoms with van der Waals surface area (Å²) in [6.45, 7) is 5.37. The summed E-state index contributed by atoms with van der Waals surface area (Å²) in [7, 11) is 0. The number of carbonyl (C=O) groups excluding carboxylic acids is 2. The smallest absolute Gasteiger partial charge is 0.261 e. The molecule has 6 heteroatoms. The molecule has 0 spiro atoms. The predicted molar refractivity (Wildman–Crippen MR) is 131 cm³/mol. The van der Waals surface area contributed by atoms with E-state index in [2.05, 4.69) is 5.32 Å². The van der Waals surface area contributed by atoms with E-state index in [1.807, 2.05) is 63.2 Å². The van der Waals surface area contributed by atoms with Gasteiger partial charge in [0.05, 0.1) is 0 Å². The number of carbonyl (C=O) groups is 2. The van der Waals surface area contributed by atoms with E-state index in [4.69, 9.17) is 4.74 Å². The average molecular weight is 463 g/mol. The van der Waals surface area contributed by atoms with Crippen LogP contribution in [0.3, 0.4) is 0 Å². The SMILES string of the molecule is Cc1ccc(OCC(=O)N(Cc2ccccc2F)[C@H](Cc2ccccc2)C(=O)NC(C)C)cc1. The molecule has 1 atom stereocenters. The lowest BCUT2D eigenvalue weighted by atomic mass is 10.0. The van der Waals surface area contributed by atoms with Crippen LogP contribution in [-0.2, 0) is 22.6 Å². The summed E-state index contributed by atoms with van der Waals surface area (Å²) in [4.78, 5) is 28.1. The first-order chi connectivity index (χ1) is 16.3. The third kappa shape index (κ3) is 7.17. The normalized spacial score (nSPS) is 11.7. The Morgan fingerprint density at radius 3 is 2.24 bits per heavy atom. The van der Waals surface area contributed by atoms with Gasteiger partial charge in [0.2, 0.25) is 5.91 Å². The van der Waals surface area contributed by atoms with Crippen LogP contribution in [0.4, 0.5) is 4.39 Å². The third-order valence-electron chi connectivity index (χ3n) is 5.38. The minimum absolute atomic E-state index is 0.0498. The van der Waals surface area contributed by atoms with Gasteiger partial charge in [0.25, 0.3) is 5.91 Å². The highest BCUT2D eigenvalue weighted by Crippen LogP contribution is 2.18. The Hall–Kier alpha value is -3.67. The minimum Gasteiger partial charge on any atom is -0.484 e. The summed E-state index contributed by atoms with van der Waals surface area (Å²) in [5.41, 5.74) is 2.31. The van der Waals surface area contributed by atoms with Gasteiger partial charge < -0.3 is 15.0 Å². The minimum atomic E-state index is -0.835. The molecule has 3 rings (SSSR count). The molecule has 0 aliphatic carbocycles. The van der Waals surface area contributed by atoms with Crippen LogP contribution in [0.25, 0.3) is 0 Å². The number of benzene rings is 3. The molecule has 3 aromatic carbocycles. The van der Waals surface area contributed by atoms with Crippen LogP contribution in [0.2, 0.25) is 0 Å². The Balaban J connectivity index is 1.91. The number of rotatable bonds is 10. The summed E-state index contributed by atoms with van der Waals surface area (Å²) in [5, 5.41) is 2.91. The van der Waals surface area contributed by atoms with Gasteiger partial charge in [-0.2, -0.15) is 0 Å². The monoisotopic (exact) mass is 462 g/mol. The van der Waals surface area contributed by atoms with Crippen LogP contribution in [0.15, 0.2) is 78.9 Å². The number of halogens is 1. The predicted octanol–water partition coefficient (Wildman–Crippen LogP) is 4.68. The van der Waals surface area contributed by atoms with Gasteiger partial charge in [0.15, 0.2) is 6.61 Å². The molecule has 0 fully saturated rings. The molecule has 0 aliphatic heterocycles. The molecular formula is C28H31FN2O3. The Morgan fingerprint density at radius 1 is 0.941 bits per heavy atom. The van der Waals surface area contributed by atoms with Crippen molar-refractivity contribution in [3.8, 4) is 5.75 Å². The summed E-state index contributed by atoms with van der Waals surface area (Å²) in [6.07, 6.45) is 0.296. The van der Waals surface area contributed by atoms with E-state index in [-0.39, 0.29) is 25.1 Å². The van der Waals surface area contributed by atoms with Gasteiger partial charge in [-0.05, 0) is 44.5 Å². The highest BCUT2D eigenvalue weighted by atomic mass is 19.1. The second kappa shape index (κ2) is 12.0. The van der Waals surface area contributed by atoms with E-state index in [1.165, 1.54) is 11.0 Å². The molecule has 0 aliphatic rings. The fourth-order valence-corrected chi connectivity index (χ4v) is 3.61. The van der Waals surface area contributed by atoms with E-state index < -0.39 is 17.8 Å². The van der Waals surface area contributed by atoms with Gasteiger partial charge in [0.1, 0.15) is 17.6 Å². The van der Waals surface area contributed by atoms with Gasteiger partial charge in [-0.3, -0.25) is 9.59 Å². The fraction of sp³-hybridized carbons (Fsp3) is 0.286. The Kier molecular flexibility index (Phi) is 8.79. The molecular weight excluding hydrogens is 431 g/mol. The maximum atomic E-state index is 14.5. The molecule has 0 unspecified atom stereocenters. The lowest BCUT2D eigenvalue weighted by molar-refractivity contribution is -0.143. The molecule has 0 aromatic heterocycles. The van der Waals surface area contributed by atoms with E-state index in [1.54, 1.807) is 30.3 Å². The quantitative estimate of drug-likeness (QED) is 0.476. The molecule has 2 amide bonds. The van der Waals surface area contributed by atoms with Crippen LogP contribution in [-0.4, -0.2) is 35.4 Å². The topological polar surface area (TPSA) is 58.6 Å². The molecule has 34 heavy (non-hydrogen) atoms. The van der Waals surface area contributed by atoms with Gasteiger partial charge >= 0.3 is 0 Å². The van der Waals surface area contributed by atoms with Crippen molar-refractivity contribution in [1.82, 2.24) is 10.2 Å². The van der Waals surface area contributed by atoms with E-state index in [0.717, 1.165) is 11.1 Å². The van der Waals surface area contributed by atoms with Crippen LogP contribution in [0.5, 0.6) is 5.75 Å². The van der Waals surface area contributed by atoms with Crippen LogP contribution in [0, 0.1) is 12.7 Å². The molecule has 1 N–H and O–H groups in total. The highest BCUT2D eigenvalue weighted by Gasteiger charge is 2.31. The largest absolute Gasteiger partial charge is 0.484 e. The van der Waals surface area contributed by atoms with Crippen molar-refractivity contribution in [3.63, 3.8) is 0 Å². The summed E-state index contributed by atoms with van der Waals surface area (Å²) in [5.74, 6) is -0.568. The summed E-state index contributed by atoms with van der Waals surface area (Å²) >= 11 is 0. The van der Waals surface area contributed by atoms with E-state index in [9.17, 15) is 14.0 Å². The number of ether oxygens (including phenoxy) is 1. The molecule has 0 saturated heterocycles. The first kappa shape index (κ1) is 25.0. The molecule has 0 saturated carbocycles. The highest BCUT2D eigenvalue weighted by molar-refractivity contribution is 5.88. The van der Waals surface area contributed by atoms with Crippen molar-refractivity contribution in [2.24, 2.45) is 0 Å². The second-order valence-corrected chi connectivity index (χ2v) is 8.58. The lowest BCUT2D eigenvalue weighted by Gasteiger charge is -2.32. The third-order valence-corrected chi connectivity index (χ3v) is 5.38. The van der Waals surface area contributed by atoms with Crippen LogP contribution in [0.1, 0.15) is 30.5 Å². The van der Waals surface area contributed by atoms with Crippen LogP contribution < -0.4 is 10.1 Å². The van der Waals surface area contributed by atoms with Crippen molar-refractivity contribution < 1.29 is 18.7 Å². The van der Waals surface area contributed by atoms with Gasteiger partial charge in [-0.25, -0.2) is 4.39 Å². The lowest BCUT2D eigenvalue weighted by Crippen LogP contribution is -2.53. The van der Waals surface area contributed by atoms with Crippen molar-refractivity contribution in [1.29, 1.82) is 0 Å².